The van der Waals surface area contributed by atoms with Crippen molar-refractivity contribution in [1.29, 1.82) is 0 Å². The summed E-state index contributed by atoms with van der Waals surface area (Å²) in [5.74, 6) is 0. The van der Waals surface area contributed by atoms with Gasteiger partial charge in [0, 0.05) is 0 Å². The second-order valence-electron chi connectivity index (χ2n) is 19.1. The summed E-state index contributed by atoms with van der Waals surface area (Å²) in [6, 6.07) is 31.4. The molecule has 0 atom stereocenters. The van der Waals surface area contributed by atoms with Crippen LogP contribution in [0.2, 0.25) is 19.6 Å². The summed E-state index contributed by atoms with van der Waals surface area (Å²) >= 11 is 1.46. The molecule has 4 aromatic rings. The third kappa shape index (κ3) is 8.05. The summed E-state index contributed by atoms with van der Waals surface area (Å²) in [4.78, 5) is 0. The number of allylic oxidation sites excluding steroid dienone is 4. The fourth-order valence-corrected chi connectivity index (χ4v) is 10.5. The first kappa shape index (κ1) is 39.0. The van der Waals surface area contributed by atoms with Gasteiger partial charge in [0.15, 0.2) is 0 Å². The predicted octanol–water partition coefficient (Wildman–Crippen LogP) is 13.1. The zero-order chi connectivity index (χ0) is 37.7. The van der Waals surface area contributed by atoms with E-state index in [1.807, 2.05) is 0 Å². The van der Waals surface area contributed by atoms with Crippen LogP contribution in [0.3, 0.4) is 0 Å². The Kier molecular flexibility index (Phi) is 10.9. The average molecular weight is 780 g/mol. The summed E-state index contributed by atoms with van der Waals surface area (Å²) in [7, 11) is -0.981. The first-order chi connectivity index (χ1) is 24.3. The van der Waals surface area contributed by atoms with Gasteiger partial charge in [0.2, 0.25) is 0 Å². The van der Waals surface area contributed by atoms with Crippen LogP contribution < -0.4 is 0 Å². The maximum atomic E-state index is 3.20. The van der Waals surface area contributed by atoms with E-state index in [1.165, 1.54) is 68.1 Å². The molecule has 0 amide bonds. The Morgan fingerprint density at radius 3 is 1.54 bits per heavy atom. The van der Waals surface area contributed by atoms with Gasteiger partial charge in [0.1, 0.15) is 0 Å². The molecule has 0 saturated heterocycles. The number of rotatable bonds is 3. The number of hydrogen-bond donors (Lipinski definition) is 0. The molecule has 0 N–H and O–H groups in total. The molecule has 4 aliphatic rings. The molecule has 0 bridgehead atoms. The number of benzene rings is 4. The van der Waals surface area contributed by atoms with E-state index in [4.69, 9.17) is 0 Å². The zero-order valence-corrected chi connectivity index (χ0v) is 37.3. The SMILES string of the molecule is CC1(C)[CH-]CC(C)(C)c2cc3c(cc21)Cc1cc2c(cc1-3)C(C)(C)CCC2(C)C.C[Si](C)(C)C1=CC[C-]=C1.[Zr+2]=[C](c1ccccc1)c1ccccc1. The second kappa shape index (κ2) is 14.5. The summed E-state index contributed by atoms with van der Waals surface area (Å²) in [6.07, 6.45) is 16.0. The van der Waals surface area contributed by atoms with E-state index < -0.39 is 8.07 Å². The fourth-order valence-electron chi connectivity index (χ4n) is 8.42. The molecule has 0 unspecified atom stereocenters. The van der Waals surface area contributed by atoms with E-state index >= 15 is 0 Å². The van der Waals surface area contributed by atoms with Gasteiger partial charge in [-0.3, -0.25) is 6.08 Å². The Morgan fingerprint density at radius 1 is 0.635 bits per heavy atom. The topological polar surface area (TPSA) is 0 Å². The van der Waals surface area contributed by atoms with Crippen LogP contribution in [-0.4, -0.2) is 11.3 Å². The summed E-state index contributed by atoms with van der Waals surface area (Å²) in [5.41, 5.74) is 16.0. The van der Waals surface area contributed by atoms with Gasteiger partial charge < -0.3 is 6.42 Å². The van der Waals surface area contributed by atoms with Crippen LogP contribution in [-0.2, 0) is 52.3 Å². The van der Waals surface area contributed by atoms with Gasteiger partial charge in [-0.1, -0.05) is 105 Å². The van der Waals surface area contributed by atoms with Crippen LogP contribution in [0.25, 0.3) is 11.1 Å². The molecular weight excluding hydrogens is 720 g/mol. The summed E-state index contributed by atoms with van der Waals surface area (Å²) in [6.45, 7) is 26.5. The average Bonchev–Trinajstić information content (AvgIpc) is 3.78. The molecule has 52 heavy (non-hydrogen) atoms. The molecule has 0 radical (unpaired) electrons. The van der Waals surface area contributed by atoms with Crippen LogP contribution >= 0.6 is 0 Å². The van der Waals surface area contributed by atoms with Crippen molar-refractivity contribution in [3.05, 3.63) is 159 Å². The number of fused-ring (bicyclic) bond motifs is 5. The van der Waals surface area contributed by atoms with E-state index in [0.717, 1.165) is 19.3 Å². The van der Waals surface area contributed by atoms with Crippen LogP contribution in [0.15, 0.2) is 102 Å². The Bertz CT molecular complexity index is 1890. The third-order valence-electron chi connectivity index (χ3n) is 12.2. The first-order valence-corrected chi connectivity index (χ1v) is 24.2. The summed E-state index contributed by atoms with van der Waals surface area (Å²) in [5, 5.41) is 1.56. The molecule has 8 rings (SSSR count). The van der Waals surface area contributed by atoms with E-state index in [2.05, 4.69) is 185 Å². The van der Waals surface area contributed by atoms with Crippen molar-refractivity contribution in [3.63, 3.8) is 0 Å². The monoisotopic (exact) mass is 778 g/mol. The number of hydrogen-bond acceptors (Lipinski definition) is 0. The quantitative estimate of drug-likeness (QED) is 0.126. The normalized spacial score (nSPS) is 19.4. The Hall–Kier alpha value is -2.67. The second-order valence-corrected chi connectivity index (χ2v) is 25.4. The van der Waals surface area contributed by atoms with Gasteiger partial charge in [0.05, 0.1) is 0 Å². The van der Waals surface area contributed by atoms with Gasteiger partial charge in [0.25, 0.3) is 0 Å². The predicted molar refractivity (Wildman–Crippen MR) is 225 cm³/mol. The molecule has 0 aromatic heterocycles. The standard InChI is InChI=1S/C29H37.C13H10.C8H13Si.Zr/c1-26(2)9-11-28(5,6)24-16-20-18(14-22(24)26)13-19-15-23-25(17-21(19)20)29(7,8)12-10-27(23,3)4;1-3-7-12(8-4-1)11-13-9-5-2-6-10-13;1-9(2,3)8-6-4-5-7-8;/h9,14-17H,10-13H2,1-8H3;1-10H;6-7H,4H2,1-3H3;/q-1;;-1;+2. The van der Waals surface area contributed by atoms with Crippen molar-refractivity contribution in [2.24, 2.45) is 0 Å². The zero-order valence-electron chi connectivity index (χ0n) is 33.9. The van der Waals surface area contributed by atoms with Crippen molar-refractivity contribution in [2.45, 2.75) is 129 Å². The minimum absolute atomic E-state index is 0.165. The molecule has 268 valence electrons. The molecule has 0 nitrogen and oxygen atoms in total. The molecule has 2 heteroatoms. The van der Waals surface area contributed by atoms with Gasteiger partial charge in [-0.2, -0.15) is 12.5 Å². The van der Waals surface area contributed by atoms with Crippen LogP contribution in [0.4, 0.5) is 0 Å². The molecule has 0 heterocycles. The molecule has 4 aliphatic carbocycles. The van der Waals surface area contributed by atoms with E-state index in [9.17, 15) is 0 Å². The van der Waals surface area contributed by atoms with Crippen LogP contribution in [0, 0.1) is 12.5 Å². The Labute approximate surface area is 332 Å². The summed E-state index contributed by atoms with van der Waals surface area (Å²) < 4.78 is 1.42. The van der Waals surface area contributed by atoms with Crippen molar-refractivity contribution in [2.75, 3.05) is 0 Å². The van der Waals surface area contributed by atoms with Gasteiger partial charge >= 0.3 is 99.2 Å². The molecule has 0 aliphatic heterocycles. The first-order valence-electron chi connectivity index (χ1n) is 19.5. The van der Waals surface area contributed by atoms with Gasteiger partial charge in [-0.25, -0.2) is 11.3 Å². The molecule has 0 saturated carbocycles. The van der Waals surface area contributed by atoms with E-state index in [0.29, 0.717) is 0 Å². The van der Waals surface area contributed by atoms with Crippen molar-refractivity contribution < 1.29 is 24.2 Å². The van der Waals surface area contributed by atoms with Crippen LogP contribution in [0.1, 0.15) is 126 Å². The van der Waals surface area contributed by atoms with E-state index in [-0.39, 0.29) is 21.7 Å². The molecular formula is C50H60SiZr. The molecule has 0 fully saturated rings. The van der Waals surface area contributed by atoms with Crippen molar-refractivity contribution in [3.8, 4) is 11.1 Å². The van der Waals surface area contributed by atoms with Crippen molar-refractivity contribution >= 4 is 11.3 Å². The Morgan fingerprint density at radius 2 is 1.10 bits per heavy atom. The van der Waals surface area contributed by atoms with Crippen LogP contribution in [0.5, 0.6) is 0 Å². The molecule has 4 aromatic carbocycles. The third-order valence-corrected chi connectivity index (χ3v) is 15.7. The maximum absolute atomic E-state index is 3.20. The van der Waals surface area contributed by atoms with E-state index in [1.54, 1.807) is 33.0 Å². The van der Waals surface area contributed by atoms with Gasteiger partial charge in [-0.15, -0.1) is 11.8 Å². The van der Waals surface area contributed by atoms with Gasteiger partial charge in [-0.05, 0) is 82.5 Å². The Balaban J connectivity index is 0.000000166. The molecule has 0 spiro atoms. The fraction of sp³-hybridized carbons (Fsp3) is 0.400. The van der Waals surface area contributed by atoms with Crippen molar-refractivity contribution in [1.82, 2.24) is 0 Å². The minimum atomic E-state index is -0.981.